The number of amides is 3. The predicted molar refractivity (Wildman–Crippen MR) is 106 cm³/mol. The third-order valence-corrected chi connectivity index (χ3v) is 5.56. The SMILES string of the molecule is C[C@H](NC(=O)OCc1ccccc1)C(=O)N1CCC[C@H]1C(=O)N1CCC[C@H]1C(=O)O. The highest BCUT2D eigenvalue weighted by atomic mass is 16.5. The molecule has 2 heterocycles. The van der Waals surface area contributed by atoms with Gasteiger partial charge in [0, 0.05) is 13.1 Å². The maximum atomic E-state index is 12.9. The Labute approximate surface area is 175 Å². The minimum Gasteiger partial charge on any atom is -0.480 e. The molecule has 162 valence electrons. The van der Waals surface area contributed by atoms with Crippen molar-refractivity contribution < 1.29 is 29.0 Å². The van der Waals surface area contributed by atoms with Crippen molar-refractivity contribution in [1.82, 2.24) is 15.1 Å². The van der Waals surface area contributed by atoms with Crippen LogP contribution in [0.15, 0.2) is 30.3 Å². The van der Waals surface area contributed by atoms with E-state index in [4.69, 9.17) is 4.74 Å². The smallest absolute Gasteiger partial charge is 0.408 e. The molecule has 0 bridgehead atoms. The van der Waals surface area contributed by atoms with Gasteiger partial charge in [-0.25, -0.2) is 9.59 Å². The Morgan fingerprint density at radius 1 is 1.07 bits per heavy atom. The number of carbonyl (C=O) groups excluding carboxylic acids is 3. The van der Waals surface area contributed by atoms with Crippen LogP contribution in [0.25, 0.3) is 0 Å². The van der Waals surface area contributed by atoms with E-state index >= 15 is 0 Å². The van der Waals surface area contributed by atoms with Crippen LogP contribution >= 0.6 is 0 Å². The van der Waals surface area contributed by atoms with Gasteiger partial charge in [-0.05, 0) is 38.2 Å². The predicted octanol–water partition coefficient (Wildman–Crippen LogP) is 1.37. The van der Waals surface area contributed by atoms with Gasteiger partial charge in [0.05, 0.1) is 0 Å². The number of likely N-dealkylation sites (tertiary alicyclic amines) is 2. The third kappa shape index (κ3) is 4.90. The monoisotopic (exact) mass is 417 g/mol. The van der Waals surface area contributed by atoms with Gasteiger partial charge >= 0.3 is 12.1 Å². The fourth-order valence-corrected chi connectivity index (χ4v) is 4.02. The summed E-state index contributed by atoms with van der Waals surface area (Å²) in [5.74, 6) is -1.73. The molecule has 3 amide bonds. The Balaban J connectivity index is 1.56. The van der Waals surface area contributed by atoms with Crippen molar-refractivity contribution in [3.05, 3.63) is 35.9 Å². The number of nitrogens with zero attached hydrogens (tertiary/aromatic N) is 2. The van der Waals surface area contributed by atoms with Gasteiger partial charge in [-0.3, -0.25) is 9.59 Å². The fourth-order valence-electron chi connectivity index (χ4n) is 4.02. The van der Waals surface area contributed by atoms with Crippen LogP contribution in [-0.4, -0.2) is 70.0 Å². The molecule has 3 rings (SSSR count). The number of carboxylic acids is 1. The molecule has 2 fully saturated rings. The van der Waals surface area contributed by atoms with E-state index < -0.39 is 30.2 Å². The summed E-state index contributed by atoms with van der Waals surface area (Å²) in [6.07, 6.45) is 1.48. The van der Waals surface area contributed by atoms with Gasteiger partial charge in [0.15, 0.2) is 0 Å². The maximum absolute atomic E-state index is 12.9. The lowest BCUT2D eigenvalue weighted by molar-refractivity contribution is -0.152. The number of benzene rings is 1. The third-order valence-electron chi connectivity index (χ3n) is 5.56. The van der Waals surface area contributed by atoms with Crippen LogP contribution in [0.4, 0.5) is 4.79 Å². The molecule has 3 atom stereocenters. The molecule has 30 heavy (non-hydrogen) atoms. The number of alkyl carbamates (subject to hydrolysis) is 1. The second kappa shape index (κ2) is 9.60. The number of carboxylic acid groups (broad SMARTS) is 1. The molecule has 2 saturated heterocycles. The normalized spacial score (nSPS) is 21.9. The van der Waals surface area contributed by atoms with Crippen LogP contribution in [0.3, 0.4) is 0 Å². The molecule has 9 nitrogen and oxygen atoms in total. The molecule has 0 radical (unpaired) electrons. The first kappa shape index (κ1) is 21.6. The number of rotatable bonds is 6. The van der Waals surface area contributed by atoms with Crippen LogP contribution in [0.1, 0.15) is 38.2 Å². The number of carbonyl (C=O) groups is 4. The topological polar surface area (TPSA) is 116 Å². The van der Waals surface area contributed by atoms with Crippen LogP contribution in [0.5, 0.6) is 0 Å². The van der Waals surface area contributed by atoms with Crippen molar-refractivity contribution in [3.63, 3.8) is 0 Å². The molecular formula is C21H27N3O6. The standard InChI is InChI=1S/C21H27N3O6/c1-14(22-21(29)30-13-15-7-3-2-4-8-15)18(25)23-11-5-9-16(23)19(26)24-12-6-10-17(24)20(27)28/h2-4,7-8,14,16-17H,5-6,9-13H2,1H3,(H,22,29)(H,27,28)/t14-,16-,17-/m0/s1. The highest BCUT2D eigenvalue weighted by molar-refractivity contribution is 5.93. The zero-order valence-corrected chi connectivity index (χ0v) is 17.0. The van der Waals surface area contributed by atoms with Gasteiger partial charge in [0.25, 0.3) is 0 Å². The molecule has 1 aromatic rings. The van der Waals surface area contributed by atoms with Gasteiger partial charge in [-0.15, -0.1) is 0 Å². The summed E-state index contributed by atoms with van der Waals surface area (Å²) in [6, 6.07) is 6.79. The molecule has 0 aromatic heterocycles. The largest absolute Gasteiger partial charge is 0.480 e. The maximum Gasteiger partial charge on any atom is 0.408 e. The first-order chi connectivity index (χ1) is 14.4. The van der Waals surface area contributed by atoms with Gasteiger partial charge < -0.3 is 25.0 Å². The Kier molecular flexibility index (Phi) is 6.91. The lowest BCUT2D eigenvalue weighted by Gasteiger charge is -2.31. The minimum atomic E-state index is -1.02. The van der Waals surface area contributed by atoms with E-state index in [0.717, 1.165) is 5.56 Å². The second-order valence-electron chi connectivity index (χ2n) is 7.65. The Morgan fingerprint density at radius 2 is 1.70 bits per heavy atom. The Bertz CT molecular complexity index is 799. The lowest BCUT2D eigenvalue weighted by Crippen LogP contribution is -2.54. The molecule has 0 aliphatic carbocycles. The molecule has 2 aliphatic heterocycles. The van der Waals surface area contributed by atoms with Crippen LogP contribution in [0, 0.1) is 0 Å². The molecule has 0 unspecified atom stereocenters. The Hall–Kier alpha value is -3.10. The van der Waals surface area contributed by atoms with E-state index in [1.807, 2.05) is 30.3 Å². The average molecular weight is 417 g/mol. The molecule has 2 aliphatic rings. The first-order valence-corrected chi connectivity index (χ1v) is 10.2. The number of nitrogens with one attached hydrogen (secondary N) is 1. The summed E-state index contributed by atoms with van der Waals surface area (Å²) in [7, 11) is 0. The summed E-state index contributed by atoms with van der Waals surface area (Å²) in [5, 5.41) is 11.8. The summed E-state index contributed by atoms with van der Waals surface area (Å²) in [4.78, 5) is 52.1. The van der Waals surface area contributed by atoms with E-state index in [9.17, 15) is 24.3 Å². The van der Waals surface area contributed by atoms with Crippen molar-refractivity contribution in [2.75, 3.05) is 13.1 Å². The number of hydrogen-bond donors (Lipinski definition) is 2. The van der Waals surface area contributed by atoms with Crippen LogP contribution < -0.4 is 5.32 Å². The van der Waals surface area contributed by atoms with Crippen molar-refractivity contribution >= 4 is 23.9 Å². The van der Waals surface area contributed by atoms with Crippen molar-refractivity contribution in [2.24, 2.45) is 0 Å². The molecule has 1 aromatic carbocycles. The van der Waals surface area contributed by atoms with E-state index in [1.54, 1.807) is 6.92 Å². The minimum absolute atomic E-state index is 0.0872. The van der Waals surface area contributed by atoms with Gasteiger partial charge in [0.2, 0.25) is 11.8 Å². The van der Waals surface area contributed by atoms with Crippen molar-refractivity contribution in [1.29, 1.82) is 0 Å². The summed E-state index contributed by atoms with van der Waals surface area (Å²) in [5.41, 5.74) is 0.829. The van der Waals surface area contributed by atoms with Gasteiger partial charge in [0.1, 0.15) is 24.7 Å². The molecule has 0 spiro atoms. The van der Waals surface area contributed by atoms with Gasteiger partial charge in [-0.2, -0.15) is 0 Å². The fraction of sp³-hybridized carbons (Fsp3) is 0.524. The van der Waals surface area contributed by atoms with E-state index in [-0.39, 0.29) is 18.4 Å². The van der Waals surface area contributed by atoms with E-state index in [2.05, 4.69) is 5.32 Å². The van der Waals surface area contributed by atoms with Crippen LogP contribution in [0.2, 0.25) is 0 Å². The number of aliphatic carboxylic acids is 1. The zero-order valence-electron chi connectivity index (χ0n) is 17.0. The quantitative estimate of drug-likeness (QED) is 0.722. The zero-order chi connectivity index (χ0) is 21.7. The summed E-state index contributed by atoms with van der Waals surface area (Å²) < 4.78 is 5.15. The number of hydrogen-bond acceptors (Lipinski definition) is 5. The molecule has 0 saturated carbocycles. The summed E-state index contributed by atoms with van der Waals surface area (Å²) in [6.45, 7) is 2.41. The Morgan fingerprint density at radius 3 is 2.37 bits per heavy atom. The highest BCUT2D eigenvalue weighted by Gasteiger charge is 2.42. The van der Waals surface area contributed by atoms with E-state index in [1.165, 1.54) is 9.80 Å². The summed E-state index contributed by atoms with van der Waals surface area (Å²) >= 11 is 0. The van der Waals surface area contributed by atoms with Gasteiger partial charge in [-0.1, -0.05) is 30.3 Å². The van der Waals surface area contributed by atoms with E-state index in [0.29, 0.717) is 38.8 Å². The second-order valence-corrected chi connectivity index (χ2v) is 7.65. The highest BCUT2D eigenvalue weighted by Crippen LogP contribution is 2.25. The van der Waals surface area contributed by atoms with Crippen molar-refractivity contribution in [2.45, 2.75) is 57.3 Å². The van der Waals surface area contributed by atoms with Crippen molar-refractivity contribution in [3.8, 4) is 0 Å². The molecular weight excluding hydrogens is 390 g/mol. The molecule has 2 N–H and O–H groups in total. The van der Waals surface area contributed by atoms with Crippen LogP contribution in [-0.2, 0) is 25.7 Å². The number of ether oxygens (including phenoxy) is 1. The first-order valence-electron chi connectivity index (χ1n) is 10.2. The average Bonchev–Trinajstić information content (AvgIpc) is 3.41. The molecule has 9 heteroatoms. The lowest BCUT2D eigenvalue weighted by atomic mass is 10.1.